The number of alkyl halides is 5. The lowest BCUT2D eigenvalue weighted by molar-refractivity contribution is -0.0981. The average Bonchev–Trinajstić information content (AvgIpc) is 2.93. The Bertz CT molecular complexity index is 961. The zero-order valence-electron chi connectivity index (χ0n) is 13.9. The smallest absolute Gasteiger partial charge is 0.417 e. The fourth-order valence-electron chi connectivity index (χ4n) is 3.62. The summed E-state index contributed by atoms with van der Waals surface area (Å²) < 4.78 is 97.6. The van der Waals surface area contributed by atoms with Crippen LogP contribution in [0.5, 0.6) is 0 Å². The largest absolute Gasteiger partial charge is 0.431 e. The molecule has 0 radical (unpaired) electrons. The Labute approximate surface area is 154 Å². The van der Waals surface area contributed by atoms with E-state index in [1.165, 1.54) is 12.1 Å². The second-order valence-corrected chi connectivity index (χ2v) is 6.53. The minimum absolute atomic E-state index is 0.0734. The Morgan fingerprint density at radius 3 is 2.57 bits per heavy atom. The van der Waals surface area contributed by atoms with Gasteiger partial charge in [0.25, 0.3) is 0 Å². The minimum atomic E-state index is -4.82. The predicted molar refractivity (Wildman–Crippen MR) is 85.2 cm³/mol. The van der Waals surface area contributed by atoms with Crippen LogP contribution >= 0.6 is 0 Å². The van der Waals surface area contributed by atoms with Crippen LogP contribution in [-0.2, 0) is 10.3 Å². The number of aliphatic imine (C=N–C) groups is 1. The van der Waals surface area contributed by atoms with Crippen molar-refractivity contribution < 1.29 is 35.5 Å². The molecule has 1 aromatic carbocycles. The number of nitrogens with zero attached hydrogens (tertiary/aromatic N) is 2. The van der Waals surface area contributed by atoms with Gasteiger partial charge in [-0.05, 0) is 23.8 Å². The Kier molecular flexibility index (Phi) is 4.06. The van der Waals surface area contributed by atoms with E-state index < -0.39 is 41.3 Å². The van der Waals surface area contributed by atoms with Gasteiger partial charge in [-0.25, -0.2) is 8.78 Å². The molecule has 1 atom stereocenters. The van der Waals surface area contributed by atoms with E-state index in [-0.39, 0.29) is 29.9 Å². The molecular weight excluding hydrogens is 393 g/mol. The van der Waals surface area contributed by atoms with E-state index in [1.807, 2.05) is 0 Å². The van der Waals surface area contributed by atoms with E-state index in [0.717, 1.165) is 17.0 Å². The van der Waals surface area contributed by atoms with Crippen LogP contribution in [0.2, 0.25) is 0 Å². The van der Waals surface area contributed by atoms with Crippen LogP contribution in [-0.4, -0.2) is 30.1 Å². The van der Waals surface area contributed by atoms with Gasteiger partial charge in [-0.1, -0.05) is 12.1 Å². The standard InChI is InChI=1S/C18H11F7N2O/c19-10-5-11-12(2-1-3-13(11)20)17(6-10)8-27-7-9(18(23,24)25)4-14(15(27)26-17)28-16(21)22/h1-5,7,16H,6,8H2/t17-/m1/s1. The Balaban J connectivity index is 1.85. The van der Waals surface area contributed by atoms with Gasteiger partial charge in [-0.15, -0.1) is 0 Å². The lowest BCUT2D eigenvalue weighted by Gasteiger charge is -2.32. The van der Waals surface area contributed by atoms with Crippen molar-refractivity contribution in [1.82, 2.24) is 4.90 Å². The molecule has 0 fully saturated rings. The summed E-state index contributed by atoms with van der Waals surface area (Å²) in [6, 6.07) is 3.97. The van der Waals surface area contributed by atoms with Crippen molar-refractivity contribution in [1.29, 1.82) is 0 Å². The van der Waals surface area contributed by atoms with Crippen LogP contribution < -0.4 is 0 Å². The van der Waals surface area contributed by atoms with Crippen molar-refractivity contribution in [3.05, 3.63) is 64.6 Å². The minimum Gasteiger partial charge on any atom is -0.431 e. The van der Waals surface area contributed by atoms with Crippen molar-refractivity contribution in [3.63, 3.8) is 0 Å². The Morgan fingerprint density at radius 2 is 1.89 bits per heavy atom. The molecule has 148 valence electrons. The summed E-state index contributed by atoms with van der Waals surface area (Å²) in [6.45, 7) is -3.67. The summed E-state index contributed by atoms with van der Waals surface area (Å²) in [5.74, 6) is -2.52. The predicted octanol–water partition coefficient (Wildman–Crippen LogP) is 5.03. The lowest BCUT2D eigenvalue weighted by atomic mass is 9.80. The molecule has 4 rings (SSSR count). The highest BCUT2D eigenvalue weighted by atomic mass is 19.4. The normalized spacial score (nSPS) is 23.8. The number of rotatable bonds is 2. The number of benzene rings is 1. The molecule has 2 heterocycles. The van der Waals surface area contributed by atoms with E-state index >= 15 is 0 Å². The third-order valence-electron chi connectivity index (χ3n) is 4.69. The third kappa shape index (κ3) is 2.96. The fourth-order valence-corrected chi connectivity index (χ4v) is 3.62. The number of hydrogen-bond donors (Lipinski definition) is 0. The highest BCUT2D eigenvalue weighted by Gasteiger charge is 2.48. The molecule has 1 spiro atoms. The Hall–Kier alpha value is -2.78. The Morgan fingerprint density at radius 1 is 1.14 bits per heavy atom. The summed E-state index contributed by atoms with van der Waals surface area (Å²) in [6.07, 6.45) is -3.06. The van der Waals surface area contributed by atoms with Gasteiger partial charge in [0.1, 0.15) is 17.2 Å². The van der Waals surface area contributed by atoms with Crippen molar-refractivity contribution in [2.45, 2.75) is 24.7 Å². The first-order chi connectivity index (χ1) is 13.1. The number of allylic oxidation sites excluding steroid dienone is 2. The van der Waals surface area contributed by atoms with E-state index in [4.69, 9.17) is 0 Å². The molecule has 3 aliphatic rings. The molecule has 0 amide bonds. The summed E-state index contributed by atoms with van der Waals surface area (Å²) >= 11 is 0. The molecule has 1 aromatic rings. The van der Waals surface area contributed by atoms with E-state index in [2.05, 4.69) is 9.73 Å². The van der Waals surface area contributed by atoms with Gasteiger partial charge in [0, 0.05) is 18.2 Å². The van der Waals surface area contributed by atoms with Crippen LogP contribution in [0.4, 0.5) is 30.7 Å². The first-order valence-electron chi connectivity index (χ1n) is 8.06. The fraction of sp³-hybridized carbons (Fsp3) is 0.278. The van der Waals surface area contributed by atoms with Gasteiger partial charge < -0.3 is 9.64 Å². The van der Waals surface area contributed by atoms with E-state index in [1.54, 1.807) is 0 Å². The van der Waals surface area contributed by atoms with E-state index in [9.17, 15) is 30.7 Å². The zero-order chi connectivity index (χ0) is 20.3. The third-order valence-corrected chi connectivity index (χ3v) is 4.69. The lowest BCUT2D eigenvalue weighted by Crippen LogP contribution is -2.36. The van der Waals surface area contributed by atoms with Gasteiger partial charge in [-0.3, -0.25) is 4.99 Å². The van der Waals surface area contributed by atoms with Gasteiger partial charge in [0.15, 0.2) is 11.6 Å². The van der Waals surface area contributed by atoms with Crippen molar-refractivity contribution >= 4 is 11.9 Å². The summed E-state index contributed by atoms with van der Waals surface area (Å²) in [5.41, 5.74) is -2.50. The number of hydrogen-bond acceptors (Lipinski definition) is 3. The summed E-state index contributed by atoms with van der Waals surface area (Å²) in [5, 5.41) is 0. The van der Waals surface area contributed by atoms with Gasteiger partial charge in [-0.2, -0.15) is 22.0 Å². The SMILES string of the molecule is FC1=Cc2c(F)cccc2[C@@]2(C1)CN1C=C(C(F)(F)F)C=C(OC(F)F)C1=N2. The van der Waals surface area contributed by atoms with Gasteiger partial charge in [0.2, 0.25) is 0 Å². The number of ether oxygens (including phenoxy) is 1. The molecule has 3 nitrogen and oxygen atoms in total. The van der Waals surface area contributed by atoms with Gasteiger partial charge >= 0.3 is 12.8 Å². The van der Waals surface area contributed by atoms with Crippen LogP contribution in [0.1, 0.15) is 17.5 Å². The maximum absolute atomic E-state index is 14.2. The second kappa shape index (κ2) is 6.11. The number of halogens is 7. The van der Waals surface area contributed by atoms with Gasteiger partial charge in [0.05, 0.1) is 12.1 Å². The molecule has 0 unspecified atom stereocenters. The topological polar surface area (TPSA) is 24.8 Å². The van der Waals surface area contributed by atoms with Crippen molar-refractivity contribution in [2.75, 3.05) is 6.54 Å². The number of fused-ring (bicyclic) bond motifs is 3. The second-order valence-electron chi connectivity index (χ2n) is 6.53. The molecule has 2 aliphatic heterocycles. The van der Waals surface area contributed by atoms with E-state index in [0.29, 0.717) is 12.3 Å². The monoisotopic (exact) mass is 404 g/mol. The molecule has 1 aliphatic carbocycles. The molecule has 0 saturated carbocycles. The first kappa shape index (κ1) is 18.6. The summed E-state index contributed by atoms with van der Waals surface area (Å²) in [7, 11) is 0. The number of amidine groups is 1. The molecule has 0 saturated heterocycles. The van der Waals surface area contributed by atoms with Crippen LogP contribution in [0.3, 0.4) is 0 Å². The molecule has 0 bridgehead atoms. The molecule has 0 N–H and O–H groups in total. The quantitative estimate of drug-likeness (QED) is 0.646. The van der Waals surface area contributed by atoms with Crippen LogP contribution in [0, 0.1) is 5.82 Å². The van der Waals surface area contributed by atoms with Crippen molar-refractivity contribution in [3.8, 4) is 0 Å². The maximum Gasteiger partial charge on any atom is 0.417 e. The zero-order valence-corrected chi connectivity index (χ0v) is 13.9. The first-order valence-corrected chi connectivity index (χ1v) is 8.06. The highest BCUT2D eigenvalue weighted by molar-refractivity contribution is 6.01. The molecule has 28 heavy (non-hydrogen) atoms. The molecule has 0 aromatic heterocycles. The van der Waals surface area contributed by atoms with Crippen molar-refractivity contribution in [2.24, 2.45) is 4.99 Å². The maximum atomic E-state index is 14.2. The summed E-state index contributed by atoms with van der Waals surface area (Å²) in [4.78, 5) is 5.22. The van der Waals surface area contributed by atoms with Crippen LogP contribution in [0.15, 0.2) is 52.6 Å². The molecular formula is C18H11F7N2O. The average molecular weight is 404 g/mol. The highest BCUT2D eigenvalue weighted by Crippen LogP contribution is 2.47. The molecule has 10 heteroatoms. The van der Waals surface area contributed by atoms with Crippen LogP contribution in [0.25, 0.3) is 6.08 Å².